The third kappa shape index (κ3) is 19.9. The predicted molar refractivity (Wildman–Crippen MR) is 564 cm³/mol. The minimum absolute atomic E-state index is 0.0783. The molecule has 0 saturated carbocycles. The maximum absolute atomic E-state index is 5.03. The summed E-state index contributed by atoms with van der Waals surface area (Å²) in [5.74, 6) is 8.47. The van der Waals surface area contributed by atoms with Crippen molar-refractivity contribution in [3.63, 3.8) is 0 Å². The lowest BCUT2D eigenvalue weighted by molar-refractivity contribution is 0.543. The molecule has 0 amide bonds. The molecule has 22 aromatic rings. The molecule has 0 N–H and O–H groups in total. The van der Waals surface area contributed by atoms with Crippen LogP contribution in [0, 0.1) is 0 Å². The van der Waals surface area contributed by atoms with Gasteiger partial charge in [-0.2, -0.15) is 0 Å². The minimum atomic E-state index is -0.193. The van der Waals surface area contributed by atoms with E-state index in [4.69, 9.17) is 59.8 Å². The molecule has 0 unspecified atom stereocenters. The fourth-order valence-electron chi connectivity index (χ4n) is 16.9. The van der Waals surface area contributed by atoms with Gasteiger partial charge in [-0.25, -0.2) is 59.8 Å². The Morgan fingerprint density at radius 1 is 0.132 bits per heavy atom. The number of hydrogen-bond donors (Lipinski definition) is 0. The maximum atomic E-state index is 5.03. The molecule has 0 aliphatic heterocycles. The minimum Gasteiger partial charge on any atom is -0.212 e. The van der Waals surface area contributed by atoms with Gasteiger partial charge >= 0.3 is 0 Å². The third-order valence-electron chi connectivity index (χ3n) is 24.5. The molecule has 0 atom stereocenters. The zero-order valence-electron chi connectivity index (χ0n) is 78.6. The summed E-state index contributed by atoms with van der Waals surface area (Å²) in [4.78, 5) is 59.2. The summed E-state index contributed by atoms with van der Waals surface area (Å²) in [6.07, 6.45) is 0. The molecular weight excluding hydrogens is 1660 g/mol. The van der Waals surface area contributed by atoms with Crippen molar-refractivity contribution >= 4 is 64.6 Å². The van der Waals surface area contributed by atoms with Gasteiger partial charge in [0.1, 0.15) is 11.6 Å². The van der Waals surface area contributed by atoms with Gasteiger partial charge < -0.3 is 0 Å². The van der Waals surface area contributed by atoms with E-state index in [-0.39, 0.29) is 21.7 Å². The maximum Gasteiger partial charge on any atom is 0.164 e. The second kappa shape index (κ2) is 38.0. The molecule has 0 spiro atoms. The molecule has 4 heterocycles. The molecule has 0 bridgehead atoms. The molecule has 22 rings (SSSR count). The van der Waals surface area contributed by atoms with Crippen LogP contribution in [0.5, 0.6) is 0 Å². The van der Waals surface area contributed by atoms with Crippen LogP contribution in [-0.2, 0) is 21.7 Å². The van der Waals surface area contributed by atoms with Crippen molar-refractivity contribution in [3.05, 3.63) is 435 Å². The Bertz CT molecular complexity index is 7680. The summed E-state index contributed by atoms with van der Waals surface area (Å²) in [5.41, 5.74) is 17.0. The van der Waals surface area contributed by atoms with Gasteiger partial charge in [0.2, 0.25) is 0 Å². The summed E-state index contributed by atoms with van der Waals surface area (Å²) in [5, 5.41) is 14.0. The Hall–Kier alpha value is -16.4. The highest BCUT2D eigenvalue weighted by molar-refractivity contribution is 6.00. The molecule has 0 saturated heterocycles. The first-order chi connectivity index (χ1) is 65.9. The van der Waals surface area contributed by atoms with Gasteiger partial charge in [-0.1, -0.05) is 483 Å². The van der Waals surface area contributed by atoms with E-state index >= 15 is 0 Å². The lowest BCUT2D eigenvalue weighted by Crippen LogP contribution is -2.18. The van der Waals surface area contributed by atoms with Gasteiger partial charge in [0, 0.05) is 66.5 Å². The number of aromatic nitrogens is 12. The Kier molecular flexibility index (Phi) is 24.8. The van der Waals surface area contributed by atoms with E-state index in [2.05, 4.69) is 483 Å². The Balaban J connectivity index is 0.000000117. The molecule has 12 nitrogen and oxygen atoms in total. The number of fused-ring (bicyclic) bond motifs is 6. The first-order valence-electron chi connectivity index (χ1n) is 46.4. The van der Waals surface area contributed by atoms with Gasteiger partial charge in [0.25, 0.3) is 0 Å². The van der Waals surface area contributed by atoms with Crippen LogP contribution >= 0.6 is 0 Å². The van der Waals surface area contributed by atoms with Gasteiger partial charge in [-0.05, 0) is 121 Å². The van der Waals surface area contributed by atoms with Crippen LogP contribution in [0.25, 0.3) is 201 Å². The van der Waals surface area contributed by atoms with E-state index < -0.39 is 0 Å². The number of hydrogen-bond acceptors (Lipinski definition) is 12. The quantitative estimate of drug-likeness (QED) is 0.114. The largest absolute Gasteiger partial charge is 0.212 e. The molecule has 660 valence electrons. The third-order valence-corrected chi connectivity index (χ3v) is 24.5. The van der Waals surface area contributed by atoms with Crippen molar-refractivity contribution in [1.82, 2.24) is 59.8 Å². The van der Waals surface area contributed by atoms with Crippen molar-refractivity contribution in [1.29, 1.82) is 0 Å². The normalized spacial score (nSPS) is 11.7. The van der Waals surface area contributed by atoms with Gasteiger partial charge in [0.05, 0.1) is 0 Å². The van der Waals surface area contributed by atoms with E-state index in [1.165, 1.54) is 65.3 Å². The van der Waals surface area contributed by atoms with Gasteiger partial charge in [0.15, 0.2) is 58.2 Å². The second-order valence-electron chi connectivity index (χ2n) is 38.5. The SMILES string of the molecule is CC(C)(C)c1ccc(-c2nc(-c3ccc(-c4ccccc4)cc3)nc(-c3ccc(-c4ccccc4)cc3)n2)cc1.CC(C)(C)c1ccc(-c2nc(-c3cccc4ccccc34)nc(-c3cccc4ccccc34)n2)cc1.CC(C)(C)c1nc(-c2ccc3ccccc3c2)nc(-c2ccc3ccccc3c2)n1.CC(C)(C)c1nc(-c2cccc3ccccc23)nc(-c2cccc3ccccc23)n1. The van der Waals surface area contributed by atoms with Crippen molar-refractivity contribution in [2.75, 3.05) is 0 Å². The van der Waals surface area contributed by atoms with Gasteiger partial charge in [-0.15, -0.1) is 0 Å². The summed E-state index contributed by atoms with van der Waals surface area (Å²) in [6.45, 7) is 26.2. The van der Waals surface area contributed by atoms with E-state index in [9.17, 15) is 0 Å². The smallest absolute Gasteiger partial charge is 0.164 e. The summed E-state index contributed by atoms with van der Waals surface area (Å²) < 4.78 is 0. The van der Waals surface area contributed by atoms with Crippen molar-refractivity contribution < 1.29 is 0 Å². The van der Waals surface area contributed by atoms with Crippen LogP contribution in [0.4, 0.5) is 0 Å². The number of nitrogens with zero attached hydrogens (tertiary/aromatic N) is 12. The highest BCUT2D eigenvalue weighted by Crippen LogP contribution is 2.39. The average Bonchev–Trinajstić information content (AvgIpc) is 0.767. The topological polar surface area (TPSA) is 155 Å². The lowest BCUT2D eigenvalue weighted by Gasteiger charge is -2.19. The molecule has 18 aromatic carbocycles. The lowest BCUT2D eigenvalue weighted by atomic mass is 9.86. The fourth-order valence-corrected chi connectivity index (χ4v) is 16.9. The first kappa shape index (κ1) is 88.8. The monoisotopic (exact) mass is 1760 g/mol. The van der Waals surface area contributed by atoms with E-state index in [1.807, 2.05) is 12.1 Å². The number of benzene rings is 18. The molecule has 12 heteroatoms. The standard InChI is InChI=1S/C37H31N3.C33H27N3.2C27H23N3/c1-37(2,3)33-24-22-32(23-25-33)36-39-34(30-18-14-28(15-19-30)26-10-6-4-7-11-26)38-35(40-36)31-20-16-29(17-21-31)27-12-8-5-9-13-27;1-33(2,3)25-20-18-24(19-21-25)30-34-31(28-16-8-12-22-10-4-6-14-26(22)28)36-32(35-30)29-17-9-13-23-11-5-7-15-27(23)29;1-27(2,3)26-29-24(22-16-8-12-18-10-4-6-14-20(18)22)28-25(30-26)23-17-9-13-19-11-5-7-15-21(19)23;1-27(2,3)26-29-24(22-14-12-18-8-4-6-10-20(18)16-22)28-25(30-26)23-15-13-19-9-5-7-11-21(19)17-23/h4-25H,1-3H3;4-21H,1-3H3;2*4-17H,1-3H3. The van der Waals surface area contributed by atoms with Crippen molar-refractivity contribution in [2.24, 2.45) is 0 Å². The molecule has 0 fully saturated rings. The predicted octanol–water partition coefficient (Wildman–Crippen LogP) is 31.6. The van der Waals surface area contributed by atoms with Crippen LogP contribution in [0.2, 0.25) is 0 Å². The Morgan fingerprint density at radius 3 is 0.618 bits per heavy atom. The summed E-state index contributed by atoms with van der Waals surface area (Å²) in [7, 11) is 0. The molecule has 136 heavy (non-hydrogen) atoms. The zero-order valence-corrected chi connectivity index (χ0v) is 78.6. The molecular formula is C124H104N12. The van der Waals surface area contributed by atoms with Crippen LogP contribution < -0.4 is 0 Å². The highest BCUT2D eigenvalue weighted by atomic mass is 15.1. The molecule has 0 radical (unpaired) electrons. The van der Waals surface area contributed by atoms with Crippen LogP contribution in [0.1, 0.15) is 106 Å². The molecule has 0 aliphatic rings. The summed E-state index contributed by atoms with van der Waals surface area (Å²) >= 11 is 0. The molecule has 0 aliphatic carbocycles. The van der Waals surface area contributed by atoms with Crippen LogP contribution in [0.3, 0.4) is 0 Å². The zero-order chi connectivity index (χ0) is 93.7. The Morgan fingerprint density at radius 2 is 0.331 bits per heavy atom. The van der Waals surface area contributed by atoms with E-state index in [0.717, 1.165) is 112 Å². The average molecular weight is 1760 g/mol. The van der Waals surface area contributed by atoms with E-state index in [1.54, 1.807) is 0 Å². The van der Waals surface area contributed by atoms with Crippen molar-refractivity contribution in [3.8, 4) is 136 Å². The van der Waals surface area contributed by atoms with Crippen molar-refractivity contribution in [2.45, 2.75) is 105 Å². The first-order valence-corrected chi connectivity index (χ1v) is 46.4. The summed E-state index contributed by atoms with van der Waals surface area (Å²) in [6, 6.07) is 143. The highest BCUT2D eigenvalue weighted by Gasteiger charge is 2.26. The molecule has 4 aromatic heterocycles. The Labute approximate surface area is 795 Å². The fraction of sp³-hybridized carbons (Fsp3) is 0.129. The van der Waals surface area contributed by atoms with Gasteiger partial charge in [-0.3, -0.25) is 0 Å². The number of rotatable bonds is 12. The van der Waals surface area contributed by atoms with Crippen LogP contribution in [0.15, 0.2) is 413 Å². The van der Waals surface area contributed by atoms with E-state index in [0.29, 0.717) is 46.6 Å². The second-order valence-corrected chi connectivity index (χ2v) is 38.5. The van der Waals surface area contributed by atoms with Crippen LogP contribution in [-0.4, -0.2) is 59.8 Å².